The highest BCUT2D eigenvalue weighted by Gasteiger charge is 2.15. The van der Waals surface area contributed by atoms with E-state index in [0.29, 0.717) is 0 Å². The number of halogens is 3. The first-order valence-electron chi connectivity index (χ1n) is 3.78. The fourth-order valence-electron chi connectivity index (χ4n) is 0.892. The van der Waals surface area contributed by atoms with Crippen LogP contribution in [0.25, 0.3) is 0 Å². The number of aromatic nitrogens is 2. The van der Waals surface area contributed by atoms with Crippen molar-refractivity contribution >= 4 is 17.5 Å². The molecule has 0 aliphatic rings. The van der Waals surface area contributed by atoms with Gasteiger partial charge in [-0.15, -0.1) is 11.6 Å². The molecule has 0 atom stereocenters. The van der Waals surface area contributed by atoms with Crippen LogP contribution >= 0.6 is 11.6 Å². The van der Waals surface area contributed by atoms with Gasteiger partial charge in [-0.1, -0.05) is 0 Å². The zero-order valence-electron chi connectivity index (χ0n) is 7.06. The molecule has 0 aliphatic heterocycles. The van der Waals surface area contributed by atoms with Gasteiger partial charge in [0.05, 0.1) is 6.20 Å². The maximum absolute atomic E-state index is 12.3. The van der Waals surface area contributed by atoms with Crippen LogP contribution in [0.15, 0.2) is 6.20 Å². The van der Waals surface area contributed by atoms with Gasteiger partial charge in [0.15, 0.2) is 0 Å². The van der Waals surface area contributed by atoms with E-state index in [4.69, 9.17) is 11.6 Å². The van der Waals surface area contributed by atoms with Gasteiger partial charge >= 0.3 is 0 Å². The molecule has 2 N–H and O–H groups in total. The molecule has 14 heavy (non-hydrogen) atoms. The van der Waals surface area contributed by atoms with Crippen LogP contribution in [0.2, 0.25) is 0 Å². The molecule has 0 bridgehead atoms. The summed E-state index contributed by atoms with van der Waals surface area (Å²) in [6.45, 7) is 0.00171. The van der Waals surface area contributed by atoms with Gasteiger partial charge in [-0.05, 0) is 0 Å². The molecule has 0 radical (unpaired) electrons. The number of carbonyl (C=O) groups is 1. The maximum Gasteiger partial charge on any atom is 0.280 e. The van der Waals surface area contributed by atoms with Crippen molar-refractivity contribution in [2.75, 3.05) is 5.88 Å². The fraction of sp³-hybridized carbons (Fsp3) is 0.429. The van der Waals surface area contributed by atoms with Gasteiger partial charge < -0.3 is 5.32 Å². The lowest BCUT2D eigenvalue weighted by atomic mass is 10.2. The van der Waals surface area contributed by atoms with Crippen molar-refractivity contribution < 1.29 is 13.6 Å². The Kier molecular flexibility index (Phi) is 3.82. The lowest BCUT2D eigenvalue weighted by molar-refractivity contribution is -0.118. The first kappa shape index (κ1) is 10.9. The predicted molar refractivity (Wildman–Crippen MR) is 46.1 cm³/mol. The summed E-state index contributed by atoms with van der Waals surface area (Å²) in [5.74, 6) is -0.602. The number of carbonyl (C=O) groups excluding carboxylic acids is 1. The largest absolute Gasteiger partial charge is 0.351 e. The number of hydrogen-bond donors (Lipinski definition) is 2. The van der Waals surface area contributed by atoms with E-state index in [9.17, 15) is 13.6 Å². The van der Waals surface area contributed by atoms with Crippen LogP contribution in [0.4, 0.5) is 8.78 Å². The first-order valence-corrected chi connectivity index (χ1v) is 4.31. The molecule has 0 saturated heterocycles. The molecule has 0 spiro atoms. The minimum Gasteiger partial charge on any atom is -0.351 e. The Bertz CT molecular complexity index is 316. The molecule has 1 rings (SSSR count). The lowest BCUT2D eigenvalue weighted by Crippen LogP contribution is -2.24. The molecule has 0 aliphatic carbocycles. The SMILES string of the molecule is O=C(CCl)NCc1cn[nH]c1C(F)F. The Labute approximate surface area is 83.6 Å². The quantitative estimate of drug-likeness (QED) is 0.754. The number of aromatic amines is 1. The van der Waals surface area contributed by atoms with Crippen molar-refractivity contribution in [3.8, 4) is 0 Å². The molecule has 1 heterocycles. The van der Waals surface area contributed by atoms with E-state index < -0.39 is 12.3 Å². The minimum atomic E-state index is -2.62. The molecule has 0 fully saturated rings. The predicted octanol–water partition coefficient (Wildman–Crippen LogP) is 1.20. The van der Waals surface area contributed by atoms with Gasteiger partial charge in [-0.3, -0.25) is 9.89 Å². The molecule has 0 saturated carbocycles. The molecule has 4 nitrogen and oxygen atoms in total. The molecule has 1 aromatic rings. The second kappa shape index (κ2) is 4.90. The summed E-state index contributed by atoms with van der Waals surface area (Å²) in [5, 5.41) is 7.99. The van der Waals surface area contributed by atoms with Crippen molar-refractivity contribution in [1.82, 2.24) is 15.5 Å². The standard InChI is InChI=1S/C7H8ClF2N3O/c8-1-5(14)11-2-4-3-12-13-6(4)7(9)10/h3,7H,1-2H2,(H,11,14)(H,12,13). The number of nitrogens with one attached hydrogen (secondary N) is 2. The second-order valence-electron chi connectivity index (χ2n) is 2.52. The summed E-state index contributed by atoms with van der Waals surface area (Å²) in [5.41, 5.74) is -0.0154. The van der Waals surface area contributed by atoms with Crippen LogP contribution in [0.3, 0.4) is 0 Å². The number of rotatable bonds is 4. The van der Waals surface area contributed by atoms with E-state index in [2.05, 4.69) is 15.5 Å². The van der Waals surface area contributed by atoms with E-state index in [1.165, 1.54) is 6.20 Å². The average Bonchev–Trinajstić information content (AvgIpc) is 2.62. The van der Waals surface area contributed by atoms with Gasteiger partial charge in [0, 0.05) is 12.1 Å². The second-order valence-corrected chi connectivity index (χ2v) is 2.79. The topological polar surface area (TPSA) is 57.8 Å². The van der Waals surface area contributed by atoms with Crippen molar-refractivity contribution in [3.63, 3.8) is 0 Å². The van der Waals surface area contributed by atoms with Crippen molar-refractivity contribution in [3.05, 3.63) is 17.5 Å². The third-order valence-corrected chi connectivity index (χ3v) is 1.81. The van der Waals surface area contributed by atoms with Crippen LogP contribution in [0.5, 0.6) is 0 Å². The van der Waals surface area contributed by atoms with Crippen LogP contribution in [0, 0.1) is 0 Å². The zero-order chi connectivity index (χ0) is 10.6. The zero-order valence-corrected chi connectivity index (χ0v) is 7.81. The third-order valence-electron chi connectivity index (χ3n) is 1.57. The van der Waals surface area contributed by atoms with Gasteiger partial charge in [0.2, 0.25) is 5.91 Å². The summed E-state index contributed by atoms with van der Waals surface area (Å²) >= 11 is 5.21. The van der Waals surface area contributed by atoms with Gasteiger partial charge in [0.25, 0.3) is 6.43 Å². The van der Waals surface area contributed by atoms with Gasteiger partial charge in [-0.25, -0.2) is 8.78 Å². The molecule has 1 aromatic heterocycles. The van der Waals surface area contributed by atoms with E-state index in [-0.39, 0.29) is 23.7 Å². The monoisotopic (exact) mass is 223 g/mol. The Balaban J connectivity index is 2.58. The summed E-state index contributed by atoms with van der Waals surface area (Å²) in [7, 11) is 0. The van der Waals surface area contributed by atoms with Gasteiger partial charge in [-0.2, -0.15) is 5.10 Å². The summed E-state index contributed by atoms with van der Waals surface area (Å²) in [4.78, 5) is 10.7. The highest BCUT2D eigenvalue weighted by molar-refractivity contribution is 6.27. The van der Waals surface area contributed by atoms with Crippen molar-refractivity contribution in [2.24, 2.45) is 0 Å². The Morgan fingerprint density at radius 1 is 1.71 bits per heavy atom. The summed E-state index contributed by atoms with van der Waals surface area (Å²) in [6, 6.07) is 0. The highest BCUT2D eigenvalue weighted by Crippen LogP contribution is 2.19. The Morgan fingerprint density at radius 3 is 3.00 bits per heavy atom. The van der Waals surface area contributed by atoms with E-state index >= 15 is 0 Å². The average molecular weight is 224 g/mol. The summed E-state index contributed by atoms with van der Waals surface area (Å²) < 4.78 is 24.5. The fourth-order valence-corrected chi connectivity index (χ4v) is 0.986. The highest BCUT2D eigenvalue weighted by atomic mass is 35.5. The van der Waals surface area contributed by atoms with Crippen molar-refractivity contribution in [1.29, 1.82) is 0 Å². The molecule has 0 unspecified atom stereocenters. The first-order chi connectivity index (χ1) is 6.65. The number of nitrogens with zero attached hydrogens (tertiary/aromatic N) is 1. The normalized spacial score (nSPS) is 10.6. The maximum atomic E-state index is 12.3. The molecule has 7 heteroatoms. The van der Waals surface area contributed by atoms with Crippen molar-refractivity contribution in [2.45, 2.75) is 13.0 Å². The smallest absolute Gasteiger partial charge is 0.280 e. The molecule has 0 aromatic carbocycles. The molecular formula is C7H8ClF2N3O. The summed E-state index contributed by atoms with van der Waals surface area (Å²) in [6.07, 6.45) is -1.38. The van der Waals surface area contributed by atoms with Gasteiger partial charge in [0.1, 0.15) is 11.6 Å². The minimum absolute atomic E-state index is 0.00171. The number of H-pyrrole nitrogens is 1. The number of alkyl halides is 3. The van der Waals surface area contributed by atoms with E-state index in [1.807, 2.05) is 0 Å². The van der Waals surface area contributed by atoms with Crippen LogP contribution < -0.4 is 5.32 Å². The van der Waals surface area contributed by atoms with E-state index in [1.54, 1.807) is 0 Å². The lowest BCUT2D eigenvalue weighted by Gasteiger charge is -2.02. The van der Waals surface area contributed by atoms with Crippen LogP contribution in [0.1, 0.15) is 17.7 Å². The Hall–Kier alpha value is -1.17. The molecule has 78 valence electrons. The molecular weight excluding hydrogens is 216 g/mol. The molecule has 1 amide bonds. The number of hydrogen-bond acceptors (Lipinski definition) is 2. The van der Waals surface area contributed by atoms with Crippen LogP contribution in [-0.4, -0.2) is 22.0 Å². The number of amides is 1. The van der Waals surface area contributed by atoms with E-state index in [0.717, 1.165) is 0 Å². The van der Waals surface area contributed by atoms with Crippen LogP contribution in [-0.2, 0) is 11.3 Å². The third kappa shape index (κ3) is 2.66. The Morgan fingerprint density at radius 2 is 2.43 bits per heavy atom.